The molecule has 0 spiro atoms. The van der Waals surface area contributed by atoms with Crippen LogP contribution in [0, 0.1) is 23.7 Å². The highest BCUT2D eigenvalue weighted by atomic mass is 16.6. The lowest BCUT2D eigenvalue weighted by molar-refractivity contribution is -0.159. The number of carboxylic acid groups (broad SMARTS) is 1. The summed E-state index contributed by atoms with van der Waals surface area (Å²) in [5, 5.41) is 9.21. The maximum absolute atomic E-state index is 11.7. The zero-order valence-electron chi connectivity index (χ0n) is 9.44. The number of esters is 2. The minimum atomic E-state index is -1.02. The van der Waals surface area contributed by atoms with E-state index in [1.54, 1.807) is 0 Å². The van der Waals surface area contributed by atoms with Gasteiger partial charge in [0.25, 0.3) is 0 Å². The molecule has 3 aliphatic rings. The van der Waals surface area contributed by atoms with Gasteiger partial charge in [-0.1, -0.05) is 6.58 Å². The van der Waals surface area contributed by atoms with E-state index in [9.17, 15) is 19.5 Å². The second-order valence-corrected chi connectivity index (χ2v) is 4.96. The fraction of sp³-hybridized carbons (Fsp3) is 0.583. The van der Waals surface area contributed by atoms with Crippen LogP contribution in [-0.4, -0.2) is 35.2 Å². The molecule has 18 heavy (non-hydrogen) atoms. The van der Waals surface area contributed by atoms with Crippen LogP contribution < -0.4 is 0 Å². The summed E-state index contributed by atoms with van der Waals surface area (Å²) in [5.41, 5.74) is 0. The lowest BCUT2D eigenvalue weighted by atomic mass is 9.78. The Balaban J connectivity index is 1.91. The highest BCUT2D eigenvalue weighted by molar-refractivity contribution is 5.86. The van der Waals surface area contributed by atoms with Gasteiger partial charge in [-0.3, -0.25) is 9.59 Å². The van der Waals surface area contributed by atoms with Crippen LogP contribution in [0.1, 0.15) is 6.42 Å². The van der Waals surface area contributed by atoms with Gasteiger partial charge >= 0.3 is 17.9 Å². The second-order valence-electron chi connectivity index (χ2n) is 4.96. The zero-order chi connectivity index (χ0) is 13.0. The maximum atomic E-state index is 11.7. The van der Waals surface area contributed by atoms with Crippen LogP contribution in [0.15, 0.2) is 12.7 Å². The van der Waals surface area contributed by atoms with Crippen LogP contribution in [0.2, 0.25) is 0 Å². The summed E-state index contributed by atoms with van der Waals surface area (Å²) in [6.45, 7) is 3.30. The Hall–Kier alpha value is -1.85. The average molecular weight is 252 g/mol. The van der Waals surface area contributed by atoms with Crippen LogP contribution in [-0.2, 0) is 23.9 Å². The third kappa shape index (κ3) is 1.26. The van der Waals surface area contributed by atoms with E-state index >= 15 is 0 Å². The summed E-state index contributed by atoms with van der Waals surface area (Å²) >= 11 is 0. The highest BCUT2D eigenvalue weighted by Gasteiger charge is 2.69. The predicted octanol–water partition coefficient (Wildman–Crippen LogP) is -0.0237. The van der Waals surface area contributed by atoms with Crippen LogP contribution in [0.4, 0.5) is 0 Å². The van der Waals surface area contributed by atoms with Crippen molar-refractivity contribution in [2.45, 2.75) is 18.6 Å². The van der Waals surface area contributed by atoms with E-state index in [1.807, 2.05) is 0 Å². The number of ether oxygens (including phenoxy) is 2. The molecule has 2 aliphatic carbocycles. The number of aliphatic carboxylic acids is 1. The molecule has 1 aliphatic heterocycles. The molecule has 6 atom stereocenters. The van der Waals surface area contributed by atoms with Crippen molar-refractivity contribution >= 4 is 17.9 Å². The second kappa shape index (κ2) is 3.57. The van der Waals surface area contributed by atoms with Gasteiger partial charge < -0.3 is 14.6 Å². The predicted molar refractivity (Wildman–Crippen MR) is 56.2 cm³/mol. The molecule has 6 nitrogen and oxygen atoms in total. The largest absolute Gasteiger partial charge is 0.481 e. The zero-order valence-corrected chi connectivity index (χ0v) is 9.44. The molecule has 6 unspecified atom stereocenters. The van der Waals surface area contributed by atoms with Gasteiger partial charge in [-0.2, -0.15) is 0 Å². The average Bonchev–Trinajstić information content (AvgIpc) is 2.91. The number of carboxylic acids is 1. The van der Waals surface area contributed by atoms with Crippen LogP contribution in [0.5, 0.6) is 0 Å². The van der Waals surface area contributed by atoms with Gasteiger partial charge in [-0.15, -0.1) is 0 Å². The van der Waals surface area contributed by atoms with Crippen molar-refractivity contribution in [1.82, 2.24) is 0 Å². The number of carbonyl (C=O) groups is 3. The molecule has 1 heterocycles. The fourth-order valence-electron chi connectivity index (χ4n) is 3.67. The first-order valence-corrected chi connectivity index (χ1v) is 5.81. The first kappa shape index (κ1) is 11.3. The van der Waals surface area contributed by atoms with Crippen molar-refractivity contribution in [2.75, 3.05) is 0 Å². The molecule has 3 fully saturated rings. The minimum Gasteiger partial charge on any atom is -0.481 e. The number of fused-ring (bicyclic) bond motifs is 1. The van der Waals surface area contributed by atoms with E-state index in [1.165, 1.54) is 0 Å². The van der Waals surface area contributed by atoms with Crippen molar-refractivity contribution in [3.63, 3.8) is 0 Å². The molecule has 96 valence electrons. The molecular weight excluding hydrogens is 240 g/mol. The van der Waals surface area contributed by atoms with Gasteiger partial charge in [0, 0.05) is 17.9 Å². The molecule has 1 saturated heterocycles. The molecule has 6 heteroatoms. The van der Waals surface area contributed by atoms with Crippen molar-refractivity contribution in [3.05, 3.63) is 12.7 Å². The number of rotatable bonds is 3. The van der Waals surface area contributed by atoms with Crippen molar-refractivity contribution in [1.29, 1.82) is 0 Å². The summed E-state index contributed by atoms with van der Waals surface area (Å²) in [6.07, 6.45) is 0.458. The Bertz CT molecular complexity index is 455. The quantitative estimate of drug-likeness (QED) is 0.560. The molecule has 1 N–H and O–H groups in total. The maximum Gasteiger partial charge on any atom is 0.330 e. The Labute approximate surface area is 103 Å². The molecule has 0 amide bonds. The Morgan fingerprint density at radius 3 is 2.78 bits per heavy atom. The topological polar surface area (TPSA) is 89.9 Å². The van der Waals surface area contributed by atoms with E-state index in [0.717, 1.165) is 6.08 Å². The van der Waals surface area contributed by atoms with Crippen LogP contribution >= 0.6 is 0 Å². The molecule has 0 radical (unpaired) electrons. The van der Waals surface area contributed by atoms with E-state index in [2.05, 4.69) is 6.58 Å². The Morgan fingerprint density at radius 1 is 1.44 bits per heavy atom. The van der Waals surface area contributed by atoms with E-state index in [0.29, 0.717) is 6.42 Å². The van der Waals surface area contributed by atoms with Gasteiger partial charge in [0.2, 0.25) is 0 Å². The SMILES string of the molecule is C=CC(=O)OC1C2CC3C1OC(=O)C3C2C(=O)O. The van der Waals surface area contributed by atoms with Gasteiger partial charge in [-0.25, -0.2) is 4.79 Å². The molecule has 0 aromatic rings. The van der Waals surface area contributed by atoms with Crippen molar-refractivity contribution in [2.24, 2.45) is 23.7 Å². The highest BCUT2D eigenvalue weighted by Crippen LogP contribution is 2.58. The van der Waals surface area contributed by atoms with Crippen LogP contribution in [0.3, 0.4) is 0 Å². The van der Waals surface area contributed by atoms with Gasteiger partial charge in [0.1, 0.15) is 12.2 Å². The van der Waals surface area contributed by atoms with Crippen LogP contribution in [0.25, 0.3) is 0 Å². The minimum absolute atomic E-state index is 0.133. The number of hydrogen-bond acceptors (Lipinski definition) is 5. The molecule has 2 bridgehead atoms. The number of carbonyl (C=O) groups excluding carboxylic acids is 2. The van der Waals surface area contributed by atoms with Crippen molar-refractivity contribution < 1.29 is 29.0 Å². The molecule has 2 saturated carbocycles. The van der Waals surface area contributed by atoms with Gasteiger partial charge in [0.05, 0.1) is 11.8 Å². The third-order valence-corrected chi connectivity index (χ3v) is 4.25. The van der Waals surface area contributed by atoms with Gasteiger partial charge in [0.15, 0.2) is 0 Å². The summed E-state index contributed by atoms with van der Waals surface area (Å²) in [6, 6.07) is 0. The monoisotopic (exact) mass is 252 g/mol. The van der Waals surface area contributed by atoms with E-state index in [-0.39, 0.29) is 11.8 Å². The standard InChI is InChI=1S/C12H12O6/c1-2-6(13)17-9-4-3-5-8(7(4)11(14)15)12(16)18-10(5)9/h2,4-5,7-10H,1,3H2,(H,14,15). The molecule has 3 rings (SSSR count). The fourth-order valence-corrected chi connectivity index (χ4v) is 3.67. The normalized spacial score (nSPS) is 43.7. The Kier molecular flexibility index (Phi) is 2.23. The summed E-state index contributed by atoms with van der Waals surface area (Å²) < 4.78 is 10.3. The molecule has 0 aromatic heterocycles. The van der Waals surface area contributed by atoms with Crippen molar-refractivity contribution in [3.8, 4) is 0 Å². The summed E-state index contributed by atoms with van der Waals surface area (Å²) in [5.74, 6) is -3.96. The third-order valence-electron chi connectivity index (χ3n) is 4.25. The summed E-state index contributed by atoms with van der Waals surface area (Å²) in [4.78, 5) is 34.2. The first-order valence-electron chi connectivity index (χ1n) is 5.81. The van der Waals surface area contributed by atoms with E-state index < -0.39 is 42.0 Å². The molecular formula is C12H12O6. The lowest BCUT2D eigenvalue weighted by Crippen LogP contribution is -2.42. The first-order chi connectivity index (χ1) is 8.54. The van der Waals surface area contributed by atoms with Gasteiger partial charge in [-0.05, 0) is 6.42 Å². The molecule has 0 aromatic carbocycles. The Morgan fingerprint density at radius 2 is 2.17 bits per heavy atom. The lowest BCUT2D eigenvalue weighted by Gasteiger charge is -2.28. The summed E-state index contributed by atoms with van der Waals surface area (Å²) in [7, 11) is 0. The number of hydrogen-bond donors (Lipinski definition) is 1. The van der Waals surface area contributed by atoms with E-state index in [4.69, 9.17) is 9.47 Å². The smallest absolute Gasteiger partial charge is 0.330 e.